The van der Waals surface area contributed by atoms with E-state index >= 15 is 0 Å². The van der Waals surface area contributed by atoms with Crippen molar-refractivity contribution in [1.82, 2.24) is 4.90 Å². The Hall–Kier alpha value is -0.333. The van der Waals surface area contributed by atoms with Gasteiger partial charge in [0.25, 0.3) is 0 Å². The zero-order valence-electron chi connectivity index (χ0n) is 12.5. The number of hydrogen-bond donors (Lipinski definition) is 0. The summed E-state index contributed by atoms with van der Waals surface area (Å²) in [4.78, 5) is 25.1. The van der Waals surface area contributed by atoms with Gasteiger partial charge in [-0.15, -0.1) is 0 Å². The maximum Gasteiger partial charge on any atom is 0.232 e. The molecular formula is C13H23NO3SSi. The molecule has 1 amide bonds. The molecular weight excluding hydrogens is 278 g/mol. The molecule has 2 aliphatic rings. The van der Waals surface area contributed by atoms with Crippen molar-refractivity contribution in [2.75, 3.05) is 6.54 Å². The first-order valence-corrected chi connectivity index (χ1v) is 10.5. The Morgan fingerprint density at radius 1 is 1.37 bits per heavy atom. The van der Waals surface area contributed by atoms with Crippen molar-refractivity contribution in [2.24, 2.45) is 5.92 Å². The van der Waals surface area contributed by atoms with E-state index in [-0.39, 0.29) is 40.0 Å². The van der Waals surface area contributed by atoms with Crippen LogP contribution in [0.15, 0.2) is 0 Å². The predicted molar refractivity (Wildman–Crippen MR) is 79.3 cm³/mol. The first-order chi connectivity index (χ1) is 8.54. The van der Waals surface area contributed by atoms with Gasteiger partial charge in [0.2, 0.25) is 11.0 Å². The molecule has 2 rings (SSSR count). The molecule has 0 aromatic heterocycles. The number of rotatable bonds is 3. The Balaban J connectivity index is 2.04. The highest BCUT2D eigenvalue weighted by Crippen LogP contribution is 2.45. The molecule has 0 saturated carbocycles. The fraction of sp³-hybridized carbons (Fsp3) is 0.846. The molecule has 0 N–H and O–H groups in total. The summed E-state index contributed by atoms with van der Waals surface area (Å²) in [5, 5.41) is 0.243. The van der Waals surface area contributed by atoms with E-state index in [4.69, 9.17) is 4.43 Å². The Morgan fingerprint density at radius 3 is 2.47 bits per heavy atom. The maximum absolute atomic E-state index is 12.1. The minimum Gasteiger partial charge on any atom is -0.413 e. The number of carbonyl (C=O) groups is 2. The topological polar surface area (TPSA) is 46.6 Å². The fourth-order valence-corrected chi connectivity index (χ4v) is 5.02. The molecule has 2 heterocycles. The smallest absolute Gasteiger partial charge is 0.232 e. The molecule has 6 heteroatoms. The van der Waals surface area contributed by atoms with Crippen LogP contribution in [-0.4, -0.2) is 42.3 Å². The van der Waals surface area contributed by atoms with Crippen LogP contribution >= 0.6 is 11.8 Å². The standard InChI is InChI=1S/C13H23NO3SSi/c1-8(17-19(5,6)13(2,3)4)10-11(16)14-7-9(15)18-12(10)14/h8,10,12H,7H2,1-6H3/t8?,10-,12-/m1/s1. The number of thioether (sulfide) groups is 1. The highest BCUT2D eigenvalue weighted by molar-refractivity contribution is 8.14. The third kappa shape index (κ3) is 2.50. The van der Waals surface area contributed by atoms with Gasteiger partial charge in [-0.1, -0.05) is 32.5 Å². The molecule has 0 aromatic carbocycles. The molecule has 1 unspecified atom stereocenters. The van der Waals surface area contributed by atoms with Crippen LogP contribution < -0.4 is 0 Å². The summed E-state index contributed by atoms with van der Waals surface area (Å²) in [6, 6.07) is 0. The minimum absolute atomic E-state index is 0.0137. The molecule has 2 aliphatic heterocycles. The average Bonchev–Trinajstić information content (AvgIpc) is 2.53. The molecule has 0 radical (unpaired) electrons. The molecule has 2 saturated heterocycles. The molecule has 0 aromatic rings. The van der Waals surface area contributed by atoms with E-state index in [0.717, 1.165) is 0 Å². The van der Waals surface area contributed by atoms with Gasteiger partial charge in [-0.05, 0) is 25.1 Å². The summed E-state index contributed by atoms with van der Waals surface area (Å²) >= 11 is 1.29. The summed E-state index contributed by atoms with van der Waals surface area (Å²) in [5.74, 6) is -0.0693. The summed E-state index contributed by atoms with van der Waals surface area (Å²) in [6.45, 7) is 13.2. The van der Waals surface area contributed by atoms with Crippen LogP contribution in [0.1, 0.15) is 27.7 Å². The Bertz CT molecular complexity index is 419. The Kier molecular flexibility index (Phi) is 3.65. The zero-order valence-corrected chi connectivity index (χ0v) is 14.3. The number of carbonyl (C=O) groups excluding carboxylic acids is 2. The van der Waals surface area contributed by atoms with Crippen molar-refractivity contribution in [2.45, 2.75) is 57.3 Å². The molecule has 0 bridgehead atoms. The van der Waals surface area contributed by atoms with Crippen LogP contribution in [0.5, 0.6) is 0 Å². The van der Waals surface area contributed by atoms with E-state index in [1.54, 1.807) is 4.90 Å². The van der Waals surface area contributed by atoms with E-state index in [0.29, 0.717) is 0 Å². The van der Waals surface area contributed by atoms with Gasteiger partial charge in [0.05, 0.1) is 23.9 Å². The largest absolute Gasteiger partial charge is 0.413 e. The van der Waals surface area contributed by atoms with Crippen LogP contribution in [-0.2, 0) is 14.0 Å². The first kappa shape index (κ1) is 15.1. The van der Waals surface area contributed by atoms with Crippen LogP contribution in [0.3, 0.4) is 0 Å². The monoisotopic (exact) mass is 301 g/mol. The molecule has 2 fully saturated rings. The summed E-state index contributed by atoms with van der Waals surface area (Å²) < 4.78 is 6.29. The van der Waals surface area contributed by atoms with E-state index in [1.165, 1.54) is 11.8 Å². The van der Waals surface area contributed by atoms with Crippen molar-refractivity contribution in [3.63, 3.8) is 0 Å². The number of fused-ring (bicyclic) bond motifs is 1. The summed E-state index contributed by atoms with van der Waals surface area (Å²) in [5.41, 5.74) is 0. The van der Waals surface area contributed by atoms with Gasteiger partial charge < -0.3 is 9.33 Å². The second kappa shape index (κ2) is 4.60. The van der Waals surface area contributed by atoms with Crippen molar-refractivity contribution < 1.29 is 14.0 Å². The Labute approximate surface area is 120 Å². The third-order valence-electron chi connectivity index (χ3n) is 4.53. The van der Waals surface area contributed by atoms with Gasteiger partial charge in [0.15, 0.2) is 8.32 Å². The normalized spacial score (nSPS) is 29.3. The highest BCUT2D eigenvalue weighted by Gasteiger charge is 2.56. The minimum atomic E-state index is -1.87. The number of β-lactam (4-membered cyclic amide) rings is 1. The van der Waals surface area contributed by atoms with Crippen LogP contribution in [0.2, 0.25) is 18.1 Å². The fourth-order valence-electron chi connectivity index (χ4n) is 2.31. The van der Waals surface area contributed by atoms with Crippen LogP contribution in [0.25, 0.3) is 0 Å². The van der Waals surface area contributed by atoms with Crippen molar-refractivity contribution >= 4 is 31.1 Å². The van der Waals surface area contributed by atoms with Gasteiger partial charge in [0.1, 0.15) is 0 Å². The number of hydrogen-bond acceptors (Lipinski definition) is 4. The summed E-state index contributed by atoms with van der Waals surface area (Å²) in [6.07, 6.45) is -0.104. The third-order valence-corrected chi connectivity index (χ3v) is 10.3. The maximum atomic E-state index is 12.1. The Morgan fingerprint density at radius 2 is 1.95 bits per heavy atom. The molecule has 4 nitrogen and oxygen atoms in total. The predicted octanol–water partition coefficient (Wildman–Crippen LogP) is 2.45. The summed E-state index contributed by atoms with van der Waals surface area (Å²) in [7, 11) is -1.87. The second-order valence-corrected chi connectivity index (χ2v) is 12.9. The van der Waals surface area contributed by atoms with Crippen LogP contribution in [0, 0.1) is 5.92 Å². The lowest BCUT2D eigenvalue weighted by Gasteiger charge is -2.47. The molecule has 108 valence electrons. The lowest BCUT2D eigenvalue weighted by molar-refractivity contribution is -0.155. The number of nitrogens with zero attached hydrogens (tertiary/aromatic N) is 1. The van der Waals surface area contributed by atoms with E-state index in [2.05, 4.69) is 33.9 Å². The first-order valence-electron chi connectivity index (χ1n) is 6.72. The van der Waals surface area contributed by atoms with Gasteiger partial charge in [0, 0.05) is 0 Å². The van der Waals surface area contributed by atoms with Crippen molar-refractivity contribution in [3.8, 4) is 0 Å². The van der Waals surface area contributed by atoms with E-state index in [1.807, 2.05) is 6.92 Å². The lowest BCUT2D eigenvalue weighted by atomic mass is 9.93. The van der Waals surface area contributed by atoms with E-state index < -0.39 is 8.32 Å². The zero-order chi connectivity index (χ0) is 14.6. The van der Waals surface area contributed by atoms with Gasteiger partial charge in [-0.2, -0.15) is 0 Å². The molecule has 3 atom stereocenters. The van der Waals surface area contributed by atoms with Gasteiger partial charge >= 0.3 is 0 Å². The average molecular weight is 301 g/mol. The van der Waals surface area contributed by atoms with Crippen molar-refractivity contribution in [3.05, 3.63) is 0 Å². The molecule has 0 aliphatic carbocycles. The van der Waals surface area contributed by atoms with E-state index in [9.17, 15) is 9.59 Å². The molecule has 0 spiro atoms. The lowest BCUT2D eigenvalue weighted by Crippen LogP contribution is -2.62. The van der Waals surface area contributed by atoms with Gasteiger partial charge in [-0.25, -0.2) is 0 Å². The second-order valence-electron chi connectivity index (χ2n) is 6.96. The number of amides is 1. The SMILES string of the molecule is CC(O[Si](C)(C)C(C)(C)C)[C@@H]1C(=O)N2CC(=O)S[C@H]12. The van der Waals surface area contributed by atoms with Gasteiger partial charge in [-0.3, -0.25) is 9.59 Å². The quantitative estimate of drug-likeness (QED) is 0.593. The highest BCUT2D eigenvalue weighted by atomic mass is 32.2. The molecule has 19 heavy (non-hydrogen) atoms. The van der Waals surface area contributed by atoms with Crippen LogP contribution in [0.4, 0.5) is 0 Å². The van der Waals surface area contributed by atoms with Crippen molar-refractivity contribution in [1.29, 1.82) is 0 Å².